The van der Waals surface area contributed by atoms with E-state index >= 15 is 0 Å². The van der Waals surface area contributed by atoms with Crippen molar-refractivity contribution >= 4 is 59.3 Å². The number of ether oxygens (including phenoxy) is 1. The van der Waals surface area contributed by atoms with Crippen LogP contribution in [0, 0.1) is 0 Å². The third-order valence-corrected chi connectivity index (χ3v) is 10.8. The quantitative estimate of drug-likeness (QED) is 0.0724. The van der Waals surface area contributed by atoms with Gasteiger partial charge in [-0.2, -0.15) is 11.8 Å². The summed E-state index contributed by atoms with van der Waals surface area (Å²) in [5.41, 5.74) is 6.41. The molecule has 2 fully saturated rings. The van der Waals surface area contributed by atoms with Crippen LogP contribution in [0.2, 0.25) is 0 Å². The van der Waals surface area contributed by atoms with Crippen LogP contribution in [0.5, 0.6) is 11.5 Å². The van der Waals surface area contributed by atoms with Crippen LogP contribution < -0.4 is 37.6 Å². The highest BCUT2D eigenvalue weighted by Gasteiger charge is 2.41. The maximum Gasteiger partial charge on any atom is 0.327 e. The first-order valence-electron chi connectivity index (χ1n) is 19.8. The average molecular weight is 900 g/mol. The second-order valence-electron chi connectivity index (χ2n) is 14.8. The topological polar surface area (TPSA) is 331 Å². The van der Waals surface area contributed by atoms with E-state index in [0.29, 0.717) is 16.9 Å². The Hall–Kier alpha value is -6.59. The summed E-state index contributed by atoms with van der Waals surface area (Å²) < 4.78 is 5.76. The van der Waals surface area contributed by atoms with Crippen molar-refractivity contribution in [2.45, 2.75) is 81.6 Å². The van der Waals surface area contributed by atoms with Crippen LogP contribution in [0.25, 0.3) is 0 Å². The number of aliphatic hydroxyl groups is 1. The molecule has 0 radical (unpaired) electrons. The molecule has 7 unspecified atom stereocenters. The van der Waals surface area contributed by atoms with Crippen LogP contribution in [-0.2, 0) is 46.3 Å². The number of amides is 9. The molecule has 2 aromatic carbocycles. The van der Waals surface area contributed by atoms with E-state index in [1.165, 1.54) is 56.1 Å². The smallest absolute Gasteiger partial charge is 0.327 e. The number of phenolic OH excluding ortho intramolecular Hbond substituents is 2. The molecule has 63 heavy (non-hydrogen) atoms. The minimum atomic E-state index is -1.60. The van der Waals surface area contributed by atoms with Gasteiger partial charge in [0.25, 0.3) is 0 Å². The molecule has 0 aliphatic carbocycles. The van der Waals surface area contributed by atoms with Gasteiger partial charge < -0.3 is 62.4 Å². The fraction of sp³-hybridized carbons (Fsp3) is 0.450. The van der Waals surface area contributed by atoms with Gasteiger partial charge in [0.05, 0.1) is 12.6 Å². The van der Waals surface area contributed by atoms with Crippen LogP contribution in [0.15, 0.2) is 60.5 Å². The van der Waals surface area contributed by atoms with E-state index in [1.54, 1.807) is 24.5 Å². The lowest BCUT2D eigenvalue weighted by atomic mass is 10.0. The predicted octanol–water partition coefficient (Wildman–Crippen LogP) is -1.46. The van der Waals surface area contributed by atoms with Crippen LogP contribution in [0.3, 0.4) is 0 Å². The molecule has 7 atom stereocenters. The van der Waals surface area contributed by atoms with Crippen molar-refractivity contribution in [1.29, 1.82) is 0 Å². The fourth-order valence-electron chi connectivity index (χ4n) is 6.70. The Morgan fingerprint density at radius 1 is 0.952 bits per heavy atom. The lowest BCUT2D eigenvalue weighted by Crippen LogP contribution is -2.62. The number of rotatable bonds is 20. The number of nitrogens with one attached hydrogen (secondary N) is 6. The molecule has 9 amide bonds. The Kier molecular flexibility index (Phi) is 17.9. The normalized spacial score (nSPS) is 19.0. The van der Waals surface area contributed by atoms with E-state index in [1.807, 2.05) is 0 Å². The first-order valence-corrected chi connectivity index (χ1v) is 21.2. The molecule has 0 saturated carbocycles. The summed E-state index contributed by atoms with van der Waals surface area (Å²) in [6.07, 6.45) is -0.0827. The maximum absolute atomic E-state index is 14.1. The molecule has 22 nitrogen and oxygen atoms in total. The first-order chi connectivity index (χ1) is 29.9. The average Bonchev–Trinajstić information content (AvgIpc) is 3.61. The van der Waals surface area contributed by atoms with Gasteiger partial charge in [-0.15, -0.1) is 0 Å². The summed E-state index contributed by atoms with van der Waals surface area (Å²) in [5, 5.41) is 55.0. The second-order valence-corrected chi connectivity index (χ2v) is 15.8. The van der Waals surface area contributed by atoms with Crippen LogP contribution >= 0.6 is 11.8 Å². The Morgan fingerprint density at radius 2 is 1.57 bits per heavy atom. The molecule has 2 saturated heterocycles. The number of carboxylic acids is 1. The number of hydrogen-bond donors (Lipinski definition) is 11. The molecule has 4 rings (SSSR count). The molecule has 0 spiro atoms. The van der Waals surface area contributed by atoms with E-state index in [9.17, 15) is 58.8 Å². The molecule has 0 aromatic heterocycles. The van der Waals surface area contributed by atoms with Gasteiger partial charge in [-0.3, -0.25) is 34.2 Å². The fourth-order valence-corrected chi connectivity index (χ4v) is 7.17. The molecule has 23 heteroatoms. The van der Waals surface area contributed by atoms with E-state index in [2.05, 4.69) is 31.9 Å². The zero-order valence-corrected chi connectivity index (χ0v) is 35.6. The number of imide groups is 1. The highest BCUT2D eigenvalue weighted by Crippen LogP contribution is 2.27. The first kappa shape index (κ1) is 49.1. The molecule has 0 bridgehead atoms. The largest absolute Gasteiger partial charge is 0.508 e. The highest BCUT2D eigenvalue weighted by atomic mass is 32.2. The number of aliphatic carboxylic acids is 1. The van der Waals surface area contributed by atoms with Gasteiger partial charge in [0, 0.05) is 45.5 Å². The number of phenols is 2. The second kappa shape index (κ2) is 23.0. The molecule has 2 aliphatic rings. The van der Waals surface area contributed by atoms with Crippen molar-refractivity contribution < 1.29 is 63.5 Å². The Balaban J connectivity index is 1.59. The number of carbonyl (C=O) groups excluding carboxylic acids is 7. The molecular weight excluding hydrogens is 847 g/mol. The summed E-state index contributed by atoms with van der Waals surface area (Å²) in [6, 6.07) is 3.09. The summed E-state index contributed by atoms with van der Waals surface area (Å²) in [4.78, 5) is 106. The van der Waals surface area contributed by atoms with E-state index in [-0.39, 0.29) is 55.9 Å². The minimum absolute atomic E-state index is 0.00611. The number of benzene rings is 2. The minimum Gasteiger partial charge on any atom is -0.508 e. The lowest BCUT2D eigenvalue weighted by Gasteiger charge is -2.34. The molecule has 2 aliphatic heterocycles. The predicted molar refractivity (Wildman–Crippen MR) is 225 cm³/mol. The van der Waals surface area contributed by atoms with Gasteiger partial charge >= 0.3 is 18.0 Å². The lowest BCUT2D eigenvalue weighted by molar-refractivity contribution is -0.140. The number of carboxylic acid groups (broad SMARTS) is 1. The number of likely N-dealkylation sites (N-methyl/N-ethyl adjacent to an activating group) is 1. The van der Waals surface area contributed by atoms with Crippen molar-refractivity contribution in [3.8, 4) is 11.5 Å². The maximum atomic E-state index is 14.1. The summed E-state index contributed by atoms with van der Waals surface area (Å²) in [5.74, 6) is -4.95. The van der Waals surface area contributed by atoms with Crippen molar-refractivity contribution in [2.24, 2.45) is 5.73 Å². The molecule has 2 heterocycles. The van der Waals surface area contributed by atoms with Gasteiger partial charge in [0.2, 0.25) is 35.8 Å². The van der Waals surface area contributed by atoms with Crippen molar-refractivity contribution in [3.63, 3.8) is 0 Å². The van der Waals surface area contributed by atoms with Crippen LogP contribution in [-0.4, -0.2) is 152 Å². The number of hydrogen-bond acceptors (Lipinski definition) is 14. The Bertz CT molecular complexity index is 2060. The molecule has 2 aromatic rings. The third-order valence-electron chi connectivity index (χ3n) is 10.2. The van der Waals surface area contributed by atoms with Crippen LogP contribution in [0.1, 0.15) is 37.3 Å². The van der Waals surface area contributed by atoms with Gasteiger partial charge in [-0.25, -0.2) is 14.4 Å². The Morgan fingerprint density at radius 3 is 2.14 bits per heavy atom. The van der Waals surface area contributed by atoms with Crippen molar-refractivity contribution in [2.75, 3.05) is 32.1 Å². The summed E-state index contributed by atoms with van der Waals surface area (Å²) in [6.45, 7) is 0.941. The van der Waals surface area contributed by atoms with Gasteiger partial charge in [0.1, 0.15) is 47.5 Å². The van der Waals surface area contributed by atoms with Gasteiger partial charge in [-0.05, 0) is 60.7 Å². The third kappa shape index (κ3) is 14.2. The molecular formula is C40H53N9O13S. The zero-order valence-electron chi connectivity index (χ0n) is 34.7. The standard InChI is InChI=1S/C40H53N9O13S/c1-21(48(2)36(57)28(43-32(54)19-41)16-22-6-4-8-24(50)14-22)33(35(56)42-20-26-18-30(52)37(62-26)49-12-10-31(53)46-40(49)61)47-34(55)27(11-13-63-3)44-39(60)45-29(38(58)59)17-23-7-5-9-25(51)15-23/h4-9,14-15,20-21,27-30,33,37,50-52H,10-13,16-19,41H2,1-3H3,(H,42,56)(H,43,54)(H,47,55)(H,58,59)(H2,44,45,60)(H,46,53,61). The molecule has 12 N–H and O–H groups in total. The van der Waals surface area contributed by atoms with Gasteiger partial charge in [0.15, 0.2) is 0 Å². The number of thioether (sulfide) groups is 1. The highest BCUT2D eigenvalue weighted by molar-refractivity contribution is 7.98. The number of aliphatic hydroxyl groups excluding tert-OH is 1. The monoisotopic (exact) mass is 899 g/mol. The van der Waals surface area contributed by atoms with E-state index < -0.39 is 96.7 Å². The summed E-state index contributed by atoms with van der Waals surface area (Å²) in [7, 11) is 1.33. The number of nitrogens with two attached hydrogens (primary N) is 1. The van der Waals surface area contributed by atoms with E-state index in [0.717, 1.165) is 16.0 Å². The van der Waals surface area contributed by atoms with Crippen molar-refractivity contribution in [1.82, 2.24) is 41.7 Å². The zero-order chi connectivity index (χ0) is 46.4. The SMILES string of the molecule is CSCCC(NC(=O)NC(Cc1cccc(O)c1)C(=O)O)C(=O)NC(C(=O)NC=C1CC(O)C(N2CCC(=O)NC2=O)O1)C(C)N(C)C(=O)C(Cc1cccc(O)c1)NC(=O)CN. The van der Waals surface area contributed by atoms with Crippen molar-refractivity contribution in [3.05, 3.63) is 71.6 Å². The number of carbonyl (C=O) groups is 8. The van der Waals surface area contributed by atoms with Gasteiger partial charge in [-0.1, -0.05) is 24.3 Å². The summed E-state index contributed by atoms with van der Waals surface area (Å²) >= 11 is 1.33. The number of nitrogens with zero attached hydrogens (tertiary/aromatic N) is 2. The number of aromatic hydroxyl groups is 2. The van der Waals surface area contributed by atoms with E-state index in [4.69, 9.17) is 10.5 Å². The number of urea groups is 2. The van der Waals surface area contributed by atoms with Crippen LogP contribution in [0.4, 0.5) is 9.59 Å². The Labute approximate surface area is 366 Å². The molecule has 342 valence electrons.